The lowest BCUT2D eigenvalue weighted by molar-refractivity contribution is 0.0927. The van der Waals surface area contributed by atoms with Crippen LogP contribution in [0, 0.1) is 12.8 Å². The van der Waals surface area contributed by atoms with E-state index in [2.05, 4.69) is 42.0 Å². The maximum absolute atomic E-state index is 12.5. The minimum Gasteiger partial charge on any atom is -0.361 e. The van der Waals surface area contributed by atoms with Crippen LogP contribution in [-0.4, -0.2) is 41.7 Å². The molecule has 0 radical (unpaired) electrons. The van der Waals surface area contributed by atoms with Gasteiger partial charge in [0, 0.05) is 24.2 Å². The number of fused-ring (bicyclic) bond motifs is 3. The molecule has 0 aliphatic heterocycles. The molecule has 0 aromatic carbocycles. The molecule has 5 rings (SSSR count). The van der Waals surface area contributed by atoms with E-state index in [1.807, 2.05) is 12.3 Å². The molecule has 9 heteroatoms. The third kappa shape index (κ3) is 2.65. The third-order valence-electron chi connectivity index (χ3n) is 5.71. The molecular formula is C19H21N7O2. The topological polar surface area (TPSA) is 114 Å². The van der Waals surface area contributed by atoms with E-state index < -0.39 is 0 Å². The van der Waals surface area contributed by atoms with Gasteiger partial charge < -0.3 is 14.8 Å². The summed E-state index contributed by atoms with van der Waals surface area (Å²) in [5, 5.41) is 15.7. The second kappa shape index (κ2) is 6.43. The first kappa shape index (κ1) is 16.9. The molecule has 0 unspecified atom stereocenters. The maximum Gasteiger partial charge on any atom is 0.273 e. The van der Waals surface area contributed by atoms with E-state index in [4.69, 9.17) is 4.52 Å². The van der Waals surface area contributed by atoms with Crippen molar-refractivity contribution in [2.24, 2.45) is 5.92 Å². The zero-order chi connectivity index (χ0) is 19.3. The minimum atomic E-state index is -0.194. The molecular weight excluding hydrogens is 358 g/mol. The molecule has 0 spiro atoms. The van der Waals surface area contributed by atoms with E-state index in [0.717, 1.165) is 41.9 Å². The molecule has 4 aromatic rings. The molecule has 1 aliphatic carbocycles. The Kier molecular flexibility index (Phi) is 3.88. The number of hydrogen-bond acceptors (Lipinski definition) is 6. The molecule has 1 aliphatic rings. The fourth-order valence-electron chi connectivity index (χ4n) is 4.38. The van der Waals surface area contributed by atoms with Crippen LogP contribution in [0.15, 0.2) is 29.0 Å². The second-order valence-electron chi connectivity index (χ2n) is 7.46. The van der Waals surface area contributed by atoms with Gasteiger partial charge in [-0.2, -0.15) is 0 Å². The lowest BCUT2D eigenvalue weighted by atomic mass is 9.93. The molecule has 144 valence electrons. The Bertz CT molecular complexity index is 1160. The second-order valence-corrected chi connectivity index (χ2v) is 7.46. The summed E-state index contributed by atoms with van der Waals surface area (Å²) in [6.45, 7) is 3.95. The van der Waals surface area contributed by atoms with Gasteiger partial charge in [0.15, 0.2) is 17.0 Å². The van der Waals surface area contributed by atoms with Gasteiger partial charge in [-0.25, -0.2) is 4.98 Å². The predicted octanol–water partition coefficient (Wildman–Crippen LogP) is 2.60. The smallest absolute Gasteiger partial charge is 0.273 e. The van der Waals surface area contributed by atoms with Crippen LogP contribution in [0.25, 0.3) is 16.8 Å². The highest BCUT2D eigenvalue weighted by molar-refractivity contribution is 5.92. The molecule has 1 fully saturated rings. The summed E-state index contributed by atoms with van der Waals surface area (Å²) in [6.07, 6.45) is 6.33. The summed E-state index contributed by atoms with van der Waals surface area (Å²) in [5.74, 6) is 1.99. The van der Waals surface area contributed by atoms with Crippen molar-refractivity contribution in [3.8, 4) is 0 Å². The standard InChI is InChI=1S/C19H21N7O2/c1-3-11-7-12(22-19(27)14-6-10(2)28-25-14)8-13(11)18-24-23-16-9-21-17-15(26(16)18)4-5-20-17/h4-6,9,11-13,20H,3,7-8H2,1-2H3,(H,22,27)/t11-,12+,13+/m1/s1. The average molecular weight is 379 g/mol. The van der Waals surface area contributed by atoms with Gasteiger partial charge in [0.25, 0.3) is 5.91 Å². The molecule has 3 atom stereocenters. The monoisotopic (exact) mass is 379 g/mol. The highest BCUT2D eigenvalue weighted by atomic mass is 16.5. The number of nitrogens with zero attached hydrogens (tertiary/aromatic N) is 5. The zero-order valence-electron chi connectivity index (χ0n) is 15.7. The van der Waals surface area contributed by atoms with Crippen LogP contribution in [-0.2, 0) is 0 Å². The number of aromatic nitrogens is 6. The quantitative estimate of drug-likeness (QED) is 0.563. The molecule has 0 bridgehead atoms. The fraction of sp³-hybridized carbons (Fsp3) is 0.421. The fourth-order valence-corrected chi connectivity index (χ4v) is 4.38. The largest absolute Gasteiger partial charge is 0.361 e. The van der Waals surface area contributed by atoms with Crippen LogP contribution >= 0.6 is 0 Å². The molecule has 4 heterocycles. The number of carbonyl (C=O) groups excluding carboxylic acids is 1. The molecule has 28 heavy (non-hydrogen) atoms. The van der Waals surface area contributed by atoms with Gasteiger partial charge in [-0.1, -0.05) is 18.5 Å². The minimum absolute atomic E-state index is 0.0651. The van der Waals surface area contributed by atoms with Crippen molar-refractivity contribution in [3.05, 3.63) is 41.8 Å². The maximum atomic E-state index is 12.5. The summed E-state index contributed by atoms with van der Waals surface area (Å²) >= 11 is 0. The number of hydrogen-bond donors (Lipinski definition) is 2. The lowest BCUT2D eigenvalue weighted by Crippen LogP contribution is -2.33. The van der Waals surface area contributed by atoms with Crippen molar-refractivity contribution >= 4 is 22.7 Å². The highest BCUT2D eigenvalue weighted by Crippen LogP contribution is 2.41. The number of aromatic amines is 1. The Labute approximate surface area is 160 Å². The molecule has 0 saturated heterocycles. The lowest BCUT2D eigenvalue weighted by Gasteiger charge is -2.15. The van der Waals surface area contributed by atoms with Crippen LogP contribution in [0.4, 0.5) is 0 Å². The van der Waals surface area contributed by atoms with Crippen LogP contribution < -0.4 is 5.32 Å². The number of nitrogens with one attached hydrogen (secondary N) is 2. The van der Waals surface area contributed by atoms with Gasteiger partial charge in [0.05, 0.1) is 11.7 Å². The van der Waals surface area contributed by atoms with Gasteiger partial charge in [0.1, 0.15) is 11.6 Å². The number of rotatable bonds is 4. The highest BCUT2D eigenvalue weighted by Gasteiger charge is 2.38. The summed E-state index contributed by atoms with van der Waals surface area (Å²) in [4.78, 5) is 20.0. The van der Waals surface area contributed by atoms with Gasteiger partial charge in [-0.05, 0) is 31.7 Å². The molecule has 9 nitrogen and oxygen atoms in total. The number of amides is 1. The Hall–Kier alpha value is -3.23. The van der Waals surface area contributed by atoms with Crippen LogP contribution in [0.3, 0.4) is 0 Å². The first-order chi connectivity index (χ1) is 13.6. The van der Waals surface area contributed by atoms with E-state index in [1.165, 1.54) is 0 Å². The molecule has 1 saturated carbocycles. The normalized spacial score (nSPS) is 22.3. The first-order valence-electron chi connectivity index (χ1n) is 9.55. The van der Waals surface area contributed by atoms with Crippen molar-refractivity contribution in [2.75, 3.05) is 0 Å². The number of carbonyl (C=O) groups is 1. The van der Waals surface area contributed by atoms with Gasteiger partial charge in [0.2, 0.25) is 0 Å². The summed E-state index contributed by atoms with van der Waals surface area (Å²) in [6, 6.07) is 3.71. The Morgan fingerprint density at radius 2 is 2.29 bits per heavy atom. The third-order valence-corrected chi connectivity index (χ3v) is 5.71. The van der Waals surface area contributed by atoms with Gasteiger partial charge in [-0.15, -0.1) is 10.2 Å². The SMILES string of the molecule is CC[C@@H]1C[C@H](NC(=O)c2cc(C)on2)C[C@@H]1c1nnc2cnc3[nH]ccc3n12. The van der Waals surface area contributed by atoms with Crippen molar-refractivity contribution in [2.45, 2.75) is 45.1 Å². The van der Waals surface area contributed by atoms with Gasteiger partial charge >= 0.3 is 0 Å². The molecule has 2 N–H and O–H groups in total. The van der Waals surface area contributed by atoms with Crippen molar-refractivity contribution in [1.82, 2.24) is 35.0 Å². The van der Waals surface area contributed by atoms with E-state index in [9.17, 15) is 4.79 Å². The number of aryl methyl sites for hydroxylation is 1. The molecule has 1 amide bonds. The number of H-pyrrole nitrogens is 1. The summed E-state index contributed by atoms with van der Waals surface area (Å²) < 4.78 is 7.09. The van der Waals surface area contributed by atoms with E-state index in [0.29, 0.717) is 17.4 Å². The van der Waals surface area contributed by atoms with E-state index >= 15 is 0 Å². The van der Waals surface area contributed by atoms with E-state index in [1.54, 1.807) is 19.2 Å². The van der Waals surface area contributed by atoms with E-state index in [-0.39, 0.29) is 17.9 Å². The summed E-state index contributed by atoms with van der Waals surface area (Å²) in [7, 11) is 0. The Morgan fingerprint density at radius 1 is 1.39 bits per heavy atom. The first-order valence-corrected chi connectivity index (χ1v) is 9.55. The van der Waals surface area contributed by atoms with Crippen molar-refractivity contribution < 1.29 is 9.32 Å². The zero-order valence-corrected chi connectivity index (χ0v) is 15.7. The Balaban J connectivity index is 1.44. The van der Waals surface area contributed by atoms with Crippen LogP contribution in [0.2, 0.25) is 0 Å². The molecule has 4 aromatic heterocycles. The van der Waals surface area contributed by atoms with Gasteiger partial charge in [-0.3, -0.25) is 9.20 Å². The van der Waals surface area contributed by atoms with Crippen molar-refractivity contribution in [1.29, 1.82) is 0 Å². The van der Waals surface area contributed by atoms with Crippen LogP contribution in [0.5, 0.6) is 0 Å². The van der Waals surface area contributed by atoms with Crippen LogP contribution in [0.1, 0.15) is 54.2 Å². The predicted molar refractivity (Wildman–Crippen MR) is 101 cm³/mol. The van der Waals surface area contributed by atoms with Crippen molar-refractivity contribution in [3.63, 3.8) is 0 Å². The summed E-state index contributed by atoms with van der Waals surface area (Å²) in [5.41, 5.74) is 2.84. The average Bonchev–Trinajstić information content (AvgIpc) is 3.45. The Morgan fingerprint density at radius 3 is 3.07 bits per heavy atom.